The third kappa shape index (κ3) is 2.78. The molecule has 1 amide bonds. The molecule has 6 heteroatoms. The van der Waals surface area contributed by atoms with Crippen molar-refractivity contribution in [3.05, 3.63) is 65.2 Å². The Morgan fingerprint density at radius 3 is 2.48 bits per heavy atom. The predicted molar refractivity (Wildman–Crippen MR) is 79.1 cm³/mol. The molecule has 0 aliphatic heterocycles. The van der Waals surface area contributed by atoms with Crippen LogP contribution in [0.2, 0.25) is 5.02 Å². The van der Waals surface area contributed by atoms with Gasteiger partial charge in [0, 0.05) is 5.56 Å². The Morgan fingerprint density at radius 1 is 1.00 bits per heavy atom. The molecular formula is C15H10ClN3O2. The van der Waals surface area contributed by atoms with Gasteiger partial charge < -0.3 is 5.32 Å². The molecule has 0 fully saturated rings. The molecule has 3 rings (SSSR count). The Hall–Kier alpha value is -2.66. The summed E-state index contributed by atoms with van der Waals surface area (Å²) >= 11 is 6.00. The molecule has 3 aromatic rings. The number of benzene rings is 2. The minimum Gasteiger partial charge on any atom is -0.302 e. The van der Waals surface area contributed by atoms with Crippen LogP contribution in [0.25, 0.3) is 11.3 Å². The molecule has 21 heavy (non-hydrogen) atoms. The van der Waals surface area contributed by atoms with E-state index >= 15 is 0 Å². The van der Waals surface area contributed by atoms with Crippen LogP contribution in [0.1, 0.15) is 10.4 Å². The zero-order valence-corrected chi connectivity index (χ0v) is 11.5. The number of aromatic nitrogens is 2. The molecule has 0 saturated carbocycles. The molecule has 1 N–H and O–H groups in total. The Labute approximate surface area is 125 Å². The van der Waals surface area contributed by atoms with Crippen molar-refractivity contribution in [3.8, 4) is 11.3 Å². The first-order chi connectivity index (χ1) is 10.3. The van der Waals surface area contributed by atoms with E-state index in [0.29, 0.717) is 16.3 Å². The third-order valence-electron chi connectivity index (χ3n) is 2.89. The fourth-order valence-electron chi connectivity index (χ4n) is 1.88. The van der Waals surface area contributed by atoms with Gasteiger partial charge in [-0.05, 0) is 22.4 Å². The smallest absolute Gasteiger partial charge is 0.258 e. The normalized spacial score (nSPS) is 10.3. The number of hydrogen-bond acceptors (Lipinski definition) is 4. The second kappa shape index (κ2) is 5.76. The molecule has 0 aliphatic rings. The van der Waals surface area contributed by atoms with Crippen molar-refractivity contribution < 1.29 is 9.42 Å². The topological polar surface area (TPSA) is 68.0 Å². The van der Waals surface area contributed by atoms with Crippen molar-refractivity contribution >= 4 is 23.3 Å². The van der Waals surface area contributed by atoms with E-state index in [1.54, 1.807) is 24.3 Å². The molecule has 2 aromatic carbocycles. The number of carbonyl (C=O) groups is 1. The molecule has 0 saturated heterocycles. The molecule has 0 spiro atoms. The summed E-state index contributed by atoms with van der Waals surface area (Å²) in [5.74, 6) is -0.111. The number of nitrogens with one attached hydrogen (secondary N) is 1. The zero-order chi connectivity index (χ0) is 14.7. The largest absolute Gasteiger partial charge is 0.302 e. The van der Waals surface area contributed by atoms with Crippen LogP contribution < -0.4 is 5.32 Å². The van der Waals surface area contributed by atoms with Crippen molar-refractivity contribution in [2.45, 2.75) is 0 Å². The quantitative estimate of drug-likeness (QED) is 0.801. The number of amides is 1. The van der Waals surface area contributed by atoms with Crippen LogP contribution in [0.3, 0.4) is 0 Å². The number of rotatable bonds is 3. The zero-order valence-electron chi connectivity index (χ0n) is 10.8. The summed E-state index contributed by atoms with van der Waals surface area (Å²) in [6.07, 6.45) is 0. The van der Waals surface area contributed by atoms with Crippen molar-refractivity contribution in [2.75, 3.05) is 5.32 Å². The lowest BCUT2D eigenvalue weighted by molar-refractivity contribution is 0.102. The summed E-state index contributed by atoms with van der Waals surface area (Å²) in [5, 5.41) is 10.6. The van der Waals surface area contributed by atoms with Crippen LogP contribution in [0.4, 0.5) is 5.82 Å². The fraction of sp³-hybridized carbons (Fsp3) is 0. The summed E-state index contributed by atoms with van der Waals surface area (Å²) in [7, 11) is 0. The first-order valence-corrected chi connectivity index (χ1v) is 6.57. The molecule has 0 radical (unpaired) electrons. The number of anilines is 1. The van der Waals surface area contributed by atoms with Gasteiger partial charge in [-0.15, -0.1) is 0 Å². The van der Waals surface area contributed by atoms with Crippen molar-refractivity contribution in [3.63, 3.8) is 0 Å². The summed E-state index contributed by atoms with van der Waals surface area (Å²) < 4.78 is 4.72. The molecule has 0 aliphatic carbocycles. The maximum Gasteiger partial charge on any atom is 0.258 e. The first kappa shape index (κ1) is 13.3. The van der Waals surface area contributed by atoms with Gasteiger partial charge in [0.2, 0.25) is 5.82 Å². The van der Waals surface area contributed by atoms with Crippen LogP contribution in [0.5, 0.6) is 0 Å². The van der Waals surface area contributed by atoms with E-state index < -0.39 is 0 Å². The van der Waals surface area contributed by atoms with E-state index in [4.69, 9.17) is 16.2 Å². The second-order valence-corrected chi connectivity index (χ2v) is 4.67. The van der Waals surface area contributed by atoms with Crippen molar-refractivity contribution in [1.29, 1.82) is 0 Å². The SMILES string of the molecule is O=C(Nc1nonc1-c1ccccc1)c1ccccc1Cl. The predicted octanol–water partition coefficient (Wildman–Crippen LogP) is 3.64. The lowest BCUT2D eigenvalue weighted by Gasteiger charge is -2.04. The molecular weight excluding hydrogens is 290 g/mol. The third-order valence-corrected chi connectivity index (χ3v) is 3.22. The van der Waals surface area contributed by atoms with Gasteiger partial charge in [0.05, 0.1) is 10.6 Å². The first-order valence-electron chi connectivity index (χ1n) is 6.19. The highest BCUT2D eigenvalue weighted by molar-refractivity contribution is 6.34. The lowest BCUT2D eigenvalue weighted by atomic mass is 10.1. The standard InChI is InChI=1S/C15H10ClN3O2/c16-12-9-5-4-8-11(12)15(20)17-14-13(18-21-19-14)10-6-2-1-3-7-10/h1-9H,(H,17,19,20). The van der Waals surface area contributed by atoms with Crippen molar-refractivity contribution in [1.82, 2.24) is 10.3 Å². The van der Waals surface area contributed by atoms with Crippen LogP contribution in [-0.4, -0.2) is 16.2 Å². The Morgan fingerprint density at radius 2 is 1.71 bits per heavy atom. The van der Waals surface area contributed by atoms with Gasteiger partial charge in [0.15, 0.2) is 5.69 Å². The number of nitrogens with zero attached hydrogens (tertiary/aromatic N) is 2. The van der Waals surface area contributed by atoms with Crippen LogP contribution in [0, 0.1) is 0 Å². The van der Waals surface area contributed by atoms with Gasteiger partial charge in [0.25, 0.3) is 5.91 Å². The van der Waals surface area contributed by atoms with Crippen LogP contribution in [-0.2, 0) is 0 Å². The average Bonchev–Trinajstić information content (AvgIpc) is 2.96. The number of carbonyl (C=O) groups excluding carboxylic acids is 1. The van der Waals surface area contributed by atoms with Crippen molar-refractivity contribution in [2.24, 2.45) is 0 Å². The van der Waals surface area contributed by atoms with Gasteiger partial charge in [-0.25, -0.2) is 4.63 Å². The Kier molecular flexibility index (Phi) is 3.66. The maximum atomic E-state index is 12.2. The van der Waals surface area contributed by atoms with Gasteiger partial charge in [-0.3, -0.25) is 4.79 Å². The minimum absolute atomic E-state index is 0.256. The highest BCUT2D eigenvalue weighted by atomic mass is 35.5. The fourth-order valence-corrected chi connectivity index (χ4v) is 2.10. The summed E-state index contributed by atoms with van der Waals surface area (Å²) in [5.41, 5.74) is 1.63. The Bertz CT molecular complexity index is 771. The molecule has 0 bridgehead atoms. The highest BCUT2D eigenvalue weighted by Crippen LogP contribution is 2.25. The van der Waals surface area contributed by atoms with Crippen LogP contribution in [0.15, 0.2) is 59.2 Å². The summed E-state index contributed by atoms with van der Waals surface area (Å²) in [6, 6.07) is 16.1. The second-order valence-electron chi connectivity index (χ2n) is 4.26. The highest BCUT2D eigenvalue weighted by Gasteiger charge is 2.17. The van der Waals surface area contributed by atoms with E-state index in [-0.39, 0.29) is 11.7 Å². The molecule has 104 valence electrons. The van der Waals surface area contributed by atoms with Gasteiger partial charge in [-0.2, -0.15) is 0 Å². The van der Waals surface area contributed by atoms with Gasteiger partial charge in [-0.1, -0.05) is 54.1 Å². The molecule has 1 aromatic heterocycles. The Balaban J connectivity index is 1.89. The number of hydrogen-bond donors (Lipinski definition) is 1. The van der Waals surface area contributed by atoms with Gasteiger partial charge in [0.1, 0.15) is 0 Å². The molecule has 0 unspecified atom stereocenters. The van der Waals surface area contributed by atoms with E-state index in [0.717, 1.165) is 5.56 Å². The van der Waals surface area contributed by atoms with E-state index in [1.165, 1.54) is 0 Å². The van der Waals surface area contributed by atoms with E-state index in [2.05, 4.69) is 15.6 Å². The average molecular weight is 300 g/mol. The monoisotopic (exact) mass is 299 g/mol. The molecule has 0 atom stereocenters. The molecule has 1 heterocycles. The molecule has 5 nitrogen and oxygen atoms in total. The summed E-state index contributed by atoms with van der Waals surface area (Å²) in [6.45, 7) is 0. The summed E-state index contributed by atoms with van der Waals surface area (Å²) in [4.78, 5) is 12.2. The van der Waals surface area contributed by atoms with Gasteiger partial charge >= 0.3 is 0 Å². The van der Waals surface area contributed by atoms with E-state index in [9.17, 15) is 4.79 Å². The van der Waals surface area contributed by atoms with Crippen LogP contribution >= 0.6 is 11.6 Å². The maximum absolute atomic E-state index is 12.2. The van der Waals surface area contributed by atoms with E-state index in [1.807, 2.05) is 30.3 Å². The number of halogens is 1. The minimum atomic E-state index is -0.367. The lowest BCUT2D eigenvalue weighted by Crippen LogP contribution is -2.13.